The number of hydrogen-bond acceptors (Lipinski definition) is 8. The number of rotatable bonds is 8. The number of anilines is 3. The number of carbonyl (C=O) groups is 2. The first-order valence-electron chi connectivity index (χ1n) is 13.3. The maximum absolute atomic E-state index is 13.4. The lowest BCUT2D eigenvalue weighted by Gasteiger charge is -2.24. The Morgan fingerprint density at radius 1 is 1.12 bits per heavy atom. The van der Waals surface area contributed by atoms with E-state index in [1.165, 1.54) is 29.2 Å². The molecule has 0 bridgehead atoms. The average molecular weight is 562 g/mol. The van der Waals surface area contributed by atoms with Crippen LogP contribution in [0.3, 0.4) is 0 Å². The van der Waals surface area contributed by atoms with Gasteiger partial charge in [0.15, 0.2) is 0 Å². The Labute approximate surface area is 236 Å². The van der Waals surface area contributed by atoms with Gasteiger partial charge in [0.25, 0.3) is 0 Å². The third kappa shape index (κ3) is 7.47. The molecule has 12 heteroatoms. The standard InChI is InChI=1S/C29H32FN7O4/c1-29(2,3)41-28(39)36-10-9-19(14-36)17-40-23-7-8-24-25(12-23)31-18-32-27(24)35-22-13-33-37(15-22)16-26(38)34-21-6-4-5-20(30)11-21/h4-8,11-13,15,18-19H,9-10,14,16-17H2,1-3H3,(H,34,38)(H,31,32,35). The highest BCUT2D eigenvalue weighted by Crippen LogP contribution is 2.27. The monoisotopic (exact) mass is 561 g/mol. The topological polar surface area (TPSA) is 124 Å². The van der Waals surface area contributed by atoms with Crippen LogP contribution < -0.4 is 15.4 Å². The lowest BCUT2D eigenvalue weighted by atomic mass is 10.1. The van der Waals surface area contributed by atoms with E-state index in [0.29, 0.717) is 48.2 Å². The first kappa shape index (κ1) is 27.8. The van der Waals surface area contributed by atoms with Crippen molar-refractivity contribution in [1.82, 2.24) is 24.6 Å². The number of aromatic nitrogens is 4. The minimum atomic E-state index is -0.519. The van der Waals surface area contributed by atoms with Crippen molar-refractivity contribution in [3.05, 3.63) is 67.0 Å². The predicted octanol–water partition coefficient (Wildman–Crippen LogP) is 4.98. The summed E-state index contributed by atoms with van der Waals surface area (Å²) in [7, 11) is 0. The van der Waals surface area contributed by atoms with Gasteiger partial charge in [0.05, 0.1) is 24.0 Å². The molecular formula is C29H32FN7O4. The third-order valence-electron chi connectivity index (χ3n) is 6.34. The molecule has 214 valence electrons. The van der Waals surface area contributed by atoms with Gasteiger partial charge in [-0.1, -0.05) is 6.07 Å². The van der Waals surface area contributed by atoms with Crippen LogP contribution in [0.15, 0.2) is 61.2 Å². The summed E-state index contributed by atoms with van der Waals surface area (Å²) in [4.78, 5) is 35.1. The fourth-order valence-electron chi connectivity index (χ4n) is 4.47. The zero-order valence-electron chi connectivity index (χ0n) is 23.1. The van der Waals surface area contributed by atoms with Crippen LogP contribution in [0.25, 0.3) is 10.9 Å². The molecule has 0 saturated carbocycles. The molecule has 2 amide bonds. The highest BCUT2D eigenvalue weighted by molar-refractivity contribution is 5.92. The number of benzene rings is 2. The van der Waals surface area contributed by atoms with Crippen molar-refractivity contribution in [2.24, 2.45) is 5.92 Å². The Kier molecular flexibility index (Phi) is 7.99. The van der Waals surface area contributed by atoms with E-state index in [1.54, 1.807) is 23.4 Å². The van der Waals surface area contributed by atoms with Crippen LogP contribution in [-0.4, -0.2) is 61.9 Å². The molecule has 1 saturated heterocycles. The van der Waals surface area contributed by atoms with Gasteiger partial charge >= 0.3 is 6.09 Å². The number of nitrogens with one attached hydrogen (secondary N) is 2. The fourth-order valence-corrected chi connectivity index (χ4v) is 4.47. The fraction of sp³-hybridized carbons (Fsp3) is 0.345. The summed E-state index contributed by atoms with van der Waals surface area (Å²) < 4.78 is 26.3. The lowest BCUT2D eigenvalue weighted by Crippen LogP contribution is -2.35. The molecule has 1 fully saturated rings. The largest absolute Gasteiger partial charge is 0.493 e. The molecule has 41 heavy (non-hydrogen) atoms. The van der Waals surface area contributed by atoms with Crippen molar-refractivity contribution in [3.63, 3.8) is 0 Å². The van der Waals surface area contributed by atoms with E-state index in [-0.39, 0.29) is 24.5 Å². The van der Waals surface area contributed by atoms with E-state index in [1.807, 2.05) is 39.0 Å². The minimum Gasteiger partial charge on any atom is -0.493 e. The first-order chi connectivity index (χ1) is 19.6. The molecule has 0 radical (unpaired) electrons. The number of likely N-dealkylation sites (tertiary alicyclic amines) is 1. The maximum atomic E-state index is 13.4. The van der Waals surface area contributed by atoms with E-state index in [2.05, 4.69) is 25.7 Å². The summed E-state index contributed by atoms with van der Waals surface area (Å²) in [6.45, 7) is 7.26. The molecule has 1 aliphatic heterocycles. The van der Waals surface area contributed by atoms with E-state index >= 15 is 0 Å². The Hall–Kier alpha value is -4.74. The van der Waals surface area contributed by atoms with Gasteiger partial charge in [-0.05, 0) is 57.5 Å². The molecule has 2 aromatic carbocycles. The number of ether oxygens (including phenoxy) is 2. The highest BCUT2D eigenvalue weighted by atomic mass is 19.1. The number of halogens is 1. The number of nitrogens with zero attached hydrogens (tertiary/aromatic N) is 5. The summed E-state index contributed by atoms with van der Waals surface area (Å²) >= 11 is 0. The molecule has 3 heterocycles. The van der Waals surface area contributed by atoms with Crippen LogP contribution in [0.2, 0.25) is 0 Å². The molecule has 0 aliphatic carbocycles. The Morgan fingerprint density at radius 2 is 1.98 bits per heavy atom. The van der Waals surface area contributed by atoms with Crippen molar-refractivity contribution in [2.45, 2.75) is 39.3 Å². The van der Waals surface area contributed by atoms with Crippen LogP contribution in [-0.2, 0) is 16.1 Å². The summed E-state index contributed by atoms with van der Waals surface area (Å²) in [5.74, 6) is 0.711. The van der Waals surface area contributed by atoms with Gasteiger partial charge in [-0.15, -0.1) is 0 Å². The predicted molar refractivity (Wildman–Crippen MR) is 151 cm³/mol. The molecule has 2 N–H and O–H groups in total. The number of amides is 2. The van der Waals surface area contributed by atoms with Crippen molar-refractivity contribution in [2.75, 3.05) is 30.3 Å². The second kappa shape index (κ2) is 11.8. The van der Waals surface area contributed by atoms with Crippen LogP contribution in [0, 0.1) is 11.7 Å². The van der Waals surface area contributed by atoms with Crippen LogP contribution >= 0.6 is 0 Å². The second-order valence-electron chi connectivity index (χ2n) is 10.9. The molecule has 5 rings (SSSR count). The Balaban J connectivity index is 1.16. The molecule has 0 spiro atoms. The van der Waals surface area contributed by atoms with E-state index < -0.39 is 11.4 Å². The van der Waals surface area contributed by atoms with Gasteiger partial charge in [-0.25, -0.2) is 19.2 Å². The SMILES string of the molecule is CC(C)(C)OC(=O)N1CCC(COc2ccc3c(Nc4cnn(CC(=O)Nc5cccc(F)c5)c4)ncnc3c2)C1. The van der Waals surface area contributed by atoms with Gasteiger partial charge in [0.2, 0.25) is 5.91 Å². The van der Waals surface area contributed by atoms with Crippen LogP contribution in [0.5, 0.6) is 5.75 Å². The quantitative estimate of drug-likeness (QED) is 0.309. The Bertz CT molecular complexity index is 1550. The molecule has 1 atom stereocenters. The minimum absolute atomic E-state index is 0.0417. The van der Waals surface area contributed by atoms with Crippen LogP contribution in [0.4, 0.5) is 26.4 Å². The van der Waals surface area contributed by atoms with Crippen molar-refractivity contribution >= 4 is 40.1 Å². The van der Waals surface area contributed by atoms with E-state index in [9.17, 15) is 14.0 Å². The smallest absolute Gasteiger partial charge is 0.410 e. The second-order valence-corrected chi connectivity index (χ2v) is 10.9. The van der Waals surface area contributed by atoms with E-state index in [4.69, 9.17) is 9.47 Å². The summed E-state index contributed by atoms with van der Waals surface area (Å²) in [5.41, 5.74) is 1.19. The van der Waals surface area contributed by atoms with Crippen molar-refractivity contribution < 1.29 is 23.5 Å². The molecule has 11 nitrogen and oxygen atoms in total. The third-order valence-corrected chi connectivity index (χ3v) is 6.34. The van der Waals surface area contributed by atoms with Gasteiger partial charge in [-0.2, -0.15) is 5.10 Å². The van der Waals surface area contributed by atoms with Gasteiger partial charge in [0, 0.05) is 42.3 Å². The summed E-state index contributed by atoms with van der Waals surface area (Å²) in [6.07, 6.45) is 5.28. The zero-order chi connectivity index (χ0) is 29.0. The Morgan fingerprint density at radius 3 is 2.78 bits per heavy atom. The van der Waals surface area contributed by atoms with Gasteiger partial charge in [0.1, 0.15) is 35.9 Å². The zero-order valence-corrected chi connectivity index (χ0v) is 23.1. The average Bonchev–Trinajstić information content (AvgIpc) is 3.56. The van der Waals surface area contributed by atoms with Crippen LogP contribution in [0.1, 0.15) is 27.2 Å². The number of hydrogen-bond donors (Lipinski definition) is 2. The van der Waals surface area contributed by atoms with E-state index in [0.717, 1.165) is 11.8 Å². The van der Waals surface area contributed by atoms with Crippen molar-refractivity contribution in [1.29, 1.82) is 0 Å². The number of fused-ring (bicyclic) bond motifs is 1. The van der Waals surface area contributed by atoms with Crippen molar-refractivity contribution in [3.8, 4) is 5.75 Å². The maximum Gasteiger partial charge on any atom is 0.410 e. The lowest BCUT2D eigenvalue weighted by molar-refractivity contribution is -0.116. The van der Waals surface area contributed by atoms with Gasteiger partial charge in [-0.3, -0.25) is 9.48 Å². The highest BCUT2D eigenvalue weighted by Gasteiger charge is 2.30. The van der Waals surface area contributed by atoms with Gasteiger partial charge < -0.3 is 25.0 Å². The molecule has 4 aromatic rings. The molecule has 1 aliphatic rings. The number of carbonyl (C=O) groups excluding carboxylic acids is 2. The first-order valence-corrected chi connectivity index (χ1v) is 13.3. The molecular weight excluding hydrogens is 529 g/mol. The molecule has 2 aromatic heterocycles. The summed E-state index contributed by atoms with van der Waals surface area (Å²) in [5, 5.41) is 10.9. The molecule has 1 unspecified atom stereocenters. The summed E-state index contributed by atoms with van der Waals surface area (Å²) in [6, 6.07) is 11.3. The normalized spacial score (nSPS) is 15.1.